The first kappa shape index (κ1) is 12.1. The van der Waals surface area contributed by atoms with Gasteiger partial charge in [-0.1, -0.05) is 12.1 Å². The molecule has 0 bridgehead atoms. The van der Waals surface area contributed by atoms with Crippen LogP contribution in [0.5, 0.6) is 5.75 Å². The molecule has 0 saturated heterocycles. The zero-order valence-electron chi connectivity index (χ0n) is 10.5. The summed E-state index contributed by atoms with van der Waals surface area (Å²) in [6, 6.07) is 5.79. The van der Waals surface area contributed by atoms with Crippen molar-refractivity contribution in [2.75, 3.05) is 27.2 Å². The molecule has 1 aromatic rings. The zero-order chi connectivity index (χ0) is 12.3. The van der Waals surface area contributed by atoms with E-state index in [-0.39, 0.29) is 5.78 Å². The second kappa shape index (κ2) is 5.32. The number of benzene rings is 1. The number of fused-ring (bicyclic) bond motifs is 1. The molecule has 0 fully saturated rings. The van der Waals surface area contributed by atoms with E-state index in [0.29, 0.717) is 13.0 Å². The van der Waals surface area contributed by atoms with Crippen molar-refractivity contribution in [3.8, 4) is 5.75 Å². The number of likely N-dealkylation sites (N-methyl/N-ethyl adjacent to an activating group) is 1. The van der Waals surface area contributed by atoms with Gasteiger partial charge in [-0.2, -0.15) is 0 Å². The summed E-state index contributed by atoms with van der Waals surface area (Å²) in [5.41, 5.74) is 1.96. The number of Topliss-reactive ketones (excluding diaryl/α,β-unsaturated/α-hetero) is 1. The summed E-state index contributed by atoms with van der Waals surface area (Å²) >= 11 is 0. The lowest BCUT2D eigenvalue weighted by molar-refractivity contribution is 0.0971. The van der Waals surface area contributed by atoms with E-state index < -0.39 is 0 Å². The Hall–Kier alpha value is -1.35. The van der Waals surface area contributed by atoms with Gasteiger partial charge >= 0.3 is 0 Å². The quantitative estimate of drug-likeness (QED) is 0.798. The number of ether oxygens (including phenoxy) is 1. The predicted octanol–water partition coefficient (Wildman–Crippen LogP) is 2.15. The molecule has 0 heterocycles. The minimum Gasteiger partial charge on any atom is -0.492 e. The standard InChI is InChI=1S/C14H19NO2/c1-15(2)9-10-17-14-8-4-5-11-12(14)6-3-7-13(11)16/h4-5,8H,3,6-7,9-10H2,1-2H3. The molecule has 0 spiro atoms. The third-order valence-corrected chi connectivity index (χ3v) is 3.06. The highest BCUT2D eigenvalue weighted by molar-refractivity contribution is 5.99. The molecule has 2 rings (SSSR count). The van der Waals surface area contributed by atoms with Gasteiger partial charge < -0.3 is 9.64 Å². The van der Waals surface area contributed by atoms with Crippen molar-refractivity contribution in [1.29, 1.82) is 0 Å². The Morgan fingerprint density at radius 1 is 1.29 bits per heavy atom. The first-order valence-electron chi connectivity index (χ1n) is 6.11. The van der Waals surface area contributed by atoms with Gasteiger partial charge in [0.2, 0.25) is 0 Å². The zero-order valence-corrected chi connectivity index (χ0v) is 10.5. The molecule has 0 saturated carbocycles. The molecule has 92 valence electrons. The molecule has 17 heavy (non-hydrogen) atoms. The molecule has 3 nitrogen and oxygen atoms in total. The number of ketones is 1. The maximum atomic E-state index is 11.8. The van der Waals surface area contributed by atoms with Gasteiger partial charge in [-0.25, -0.2) is 0 Å². The number of hydrogen-bond donors (Lipinski definition) is 0. The van der Waals surface area contributed by atoms with Crippen LogP contribution in [0.4, 0.5) is 0 Å². The molecular formula is C14H19NO2. The molecule has 1 aliphatic rings. The van der Waals surface area contributed by atoms with E-state index in [1.165, 1.54) is 0 Å². The van der Waals surface area contributed by atoms with Gasteiger partial charge in [0.05, 0.1) is 0 Å². The van der Waals surface area contributed by atoms with E-state index in [4.69, 9.17) is 4.74 Å². The highest BCUT2D eigenvalue weighted by Crippen LogP contribution is 2.29. The summed E-state index contributed by atoms with van der Waals surface area (Å²) in [4.78, 5) is 13.8. The summed E-state index contributed by atoms with van der Waals surface area (Å²) in [7, 11) is 4.04. The summed E-state index contributed by atoms with van der Waals surface area (Å²) in [6.45, 7) is 1.55. The fourth-order valence-electron chi connectivity index (χ4n) is 2.12. The van der Waals surface area contributed by atoms with Crippen LogP contribution in [0, 0.1) is 0 Å². The van der Waals surface area contributed by atoms with Crippen LogP contribution in [0.15, 0.2) is 18.2 Å². The Balaban J connectivity index is 2.12. The number of carbonyl (C=O) groups is 1. The van der Waals surface area contributed by atoms with Crippen LogP contribution in [0.25, 0.3) is 0 Å². The van der Waals surface area contributed by atoms with Crippen molar-refractivity contribution in [1.82, 2.24) is 4.90 Å². The third-order valence-electron chi connectivity index (χ3n) is 3.06. The van der Waals surface area contributed by atoms with E-state index in [1.54, 1.807) is 0 Å². The number of carbonyl (C=O) groups excluding carboxylic acids is 1. The Morgan fingerprint density at radius 2 is 2.12 bits per heavy atom. The molecule has 0 atom stereocenters. The first-order valence-corrected chi connectivity index (χ1v) is 6.11. The summed E-state index contributed by atoms with van der Waals surface area (Å²) < 4.78 is 5.77. The molecule has 0 amide bonds. The van der Waals surface area contributed by atoms with Gasteiger partial charge in [0.1, 0.15) is 12.4 Å². The van der Waals surface area contributed by atoms with E-state index in [2.05, 4.69) is 4.90 Å². The lowest BCUT2D eigenvalue weighted by atomic mass is 9.90. The fraction of sp³-hybridized carbons (Fsp3) is 0.500. The third kappa shape index (κ3) is 2.86. The maximum Gasteiger partial charge on any atom is 0.163 e. The van der Waals surface area contributed by atoms with Gasteiger partial charge in [-0.05, 0) is 33.0 Å². The van der Waals surface area contributed by atoms with Gasteiger partial charge in [0.15, 0.2) is 5.78 Å². The highest BCUT2D eigenvalue weighted by atomic mass is 16.5. The lowest BCUT2D eigenvalue weighted by Gasteiger charge is -2.19. The van der Waals surface area contributed by atoms with Crippen LogP contribution in [-0.2, 0) is 6.42 Å². The van der Waals surface area contributed by atoms with E-state index in [0.717, 1.165) is 36.3 Å². The van der Waals surface area contributed by atoms with Crippen molar-refractivity contribution in [2.45, 2.75) is 19.3 Å². The molecule has 3 heteroatoms. The Kier molecular flexibility index (Phi) is 3.79. The van der Waals surface area contributed by atoms with Gasteiger partial charge in [-0.15, -0.1) is 0 Å². The monoisotopic (exact) mass is 233 g/mol. The highest BCUT2D eigenvalue weighted by Gasteiger charge is 2.19. The second-order valence-electron chi connectivity index (χ2n) is 4.71. The number of hydrogen-bond acceptors (Lipinski definition) is 3. The van der Waals surface area contributed by atoms with Crippen LogP contribution in [0.1, 0.15) is 28.8 Å². The molecular weight excluding hydrogens is 214 g/mol. The number of rotatable bonds is 4. The normalized spacial score (nSPS) is 14.9. The van der Waals surface area contributed by atoms with Crippen molar-refractivity contribution in [3.05, 3.63) is 29.3 Å². The Labute approximate surface area is 102 Å². The average Bonchev–Trinajstić information content (AvgIpc) is 2.30. The maximum absolute atomic E-state index is 11.8. The first-order chi connectivity index (χ1) is 8.18. The summed E-state index contributed by atoms with van der Waals surface area (Å²) in [6.07, 6.45) is 2.58. The van der Waals surface area contributed by atoms with Crippen LogP contribution < -0.4 is 4.74 Å². The van der Waals surface area contributed by atoms with Crippen LogP contribution in [0.3, 0.4) is 0 Å². The van der Waals surface area contributed by atoms with Crippen LogP contribution in [-0.4, -0.2) is 37.9 Å². The lowest BCUT2D eigenvalue weighted by Crippen LogP contribution is -2.20. The van der Waals surface area contributed by atoms with Crippen molar-refractivity contribution < 1.29 is 9.53 Å². The van der Waals surface area contributed by atoms with Crippen molar-refractivity contribution >= 4 is 5.78 Å². The van der Waals surface area contributed by atoms with Crippen LogP contribution in [0.2, 0.25) is 0 Å². The van der Waals surface area contributed by atoms with Gasteiger partial charge in [0, 0.05) is 24.1 Å². The van der Waals surface area contributed by atoms with E-state index in [1.807, 2.05) is 32.3 Å². The smallest absolute Gasteiger partial charge is 0.163 e. The van der Waals surface area contributed by atoms with E-state index >= 15 is 0 Å². The SMILES string of the molecule is CN(C)CCOc1cccc2c1CCCC2=O. The largest absolute Gasteiger partial charge is 0.492 e. The fourth-order valence-corrected chi connectivity index (χ4v) is 2.12. The molecule has 0 aliphatic heterocycles. The van der Waals surface area contributed by atoms with Crippen molar-refractivity contribution in [3.63, 3.8) is 0 Å². The predicted molar refractivity (Wildman–Crippen MR) is 67.8 cm³/mol. The summed E-state index contributed by atoms with van der Waals surface area (Å²) in [5.74, 6) is 1.14. The second-order valence-corrected chi connectivity index (χ2v) is 4.71. The molecule has 0 unspecified atom stereocenters. The topological polar surface area (TPSA) is 29.5 Å². The van der Waals surface area contributed by atoms with Gasteiger partial charge in [0.25, 0.3) is 0 Å². The summed E-state index contributed by atoms with van der Waals surface area (Å²) in [5, 5.41) is 0. The molecule has 0 aromatic heterocycles. The molecule has 1 aliphatic carbocycles. The Bertz CT molecular complexity index is 413. The average molecular weight is 233 g/mol. The van der Waals surface area contributed by atoms with Gasteiger partial charge in [-0.3, -0.25) is 4.79 Å². The van der Waals surface area contributed by atoms with Crippen LogP contribution >= 0.6 is 0 Å². The minimum atomic E-state index is 0.254. The Morgan fingerprint density at radius 3 is 2.88 bits per heavy atom. The molecule has 0 radical (unpaired) electrons. The molecule has 0 N–H and O–H groups in total. The minimum absolute atomic E-state index is 0.254. The number of nitrogens with zero attached hydrogens (tertiary/aromatic N) is 1. The van der Waals surface area contributed by atoms with E-state index in [9.17, 15) is 4.79 Å². The molecule has 1 aromatic carbocycles. The van der Waals surface area contributed by atoms with Crippen molar-refractivity contribution in [2.24, 2.45) is 0 Å².